The summed E-state index contributed by atoms with van der Waals surface area (Å²) in [5, 5.41) is 4.14. The Morgan fingerprint density at radius 1 is 1.31 bits per heavy atom. The summed E-state index contributed by atoms with van der Waals surface area (Å²) >= 11 is 0. The molecule has 2 aromatic heterocycles. The Morgan fingerprint density at radius 3 is 2.69 bits per heavy atom. The lowest BCUT2D eigenvalue weighted by Gasteiger charge is -2.05. The molecule has 0 saturated carbocycles. The predicted molar refractivity (Wildman–Crippen MR) is 63.0 cm³/mol. The maximum atomic E-state index is 5.54. The van der Waals surface area contributed by atoms with Gasteiger partial charge in [-0.3, -0.25) is 4.68 Å². The highest BCUT2D eigenvalue weighted by Crippen LogP contribution is 2.05. The molecule has 2 N–H and O–H groups in total. The first-order valence-electron chi connectivity index (χ1n) is 5.44. The van der Waals surface area contributed by atoms with E-state index in [1.54, 1.807) is 0 Å². The number of rotatable bonds is 4. The van der Waals surface area contributed by atoms with Crippen LogP contribution in [0.4, 0.5) is 5.82 Å². The Labute approximate surface area is 94.9 Å². The molecule has 0 amide bonds. The zero-order valence-corrected chi connectivity index (χ0v) is 9.72. The lowest BCUT2D eigenvalue weighted by atomic mass is 10.3. The van der Waals surface area contributed by atoms with Gasteiger partial charge in [0.2, 0.25) is 0 Å². The van der Waals surface area contributed by atoms with Crippen molar-refractivity contribution >= 4 is 5.82 Å². The summed E-state index contributed by atoms with van der Waals surface area (Å²) < 4.78 is 4.04. The van der Waals surface area contributed by atoms with E-state index in [9.17, 15) is 0 Å². The fourth-order valence-corrected chi connectivity index (χ4v) is 1.67. The molecular weight excluding hydrogens is 202 g/mol. The van der Waals surface area contributed by atoms with Gasteiger partial charge in [-0.2, -0.15) is 5.10 Å². The van der Waals surface area contributed by atoms with E-state index >= 15 is 0 Å². The summed E-state index contributed by atoms with van der Waals surface area (Å²) in [7, 11) is 0. The first kappa shape index (κ1) is 10.7. The molecule has 2 rings (SSSR count). The second-order valence-corrected chi connectivity index (χ2v) is 3.97. The zero-order chi connectivity index (χ0) is 11.5. The van der Waals surface area contributed by atoms with Crippen molar-refractivity contribution in [3.63, 3.8) is 0 Å². The molecule has 86 valence electrons. The maximum absolute atomic E-state index is 5.54. The monoisotopic (exact) mass is 219 g/mol. The van der Waals surface area contributed by atoms with Crippen molar-refractivity contribution in [1.82, 2.24) is 19.3 Å². The number of anilines is 1. The number of hydrogen-bond acceptors (Lipinski definition) is 3. The average Bonchev–Trinajstić information content (AvgIpc) is 2.79. The Bertz CT molecular complexity index is 468. The third-order valence-electron chi connectivity index (χ3n) is 2.79. The molecule has 0 aliphatic heterocycles. The van der Waals surface area contributed by atoms with Crippen molar-refractivity contribution in [1.29, 1.82) is 0 Å². The molecule has 0 spiro atoms. The highest BCUT2D eigenvalue weighted by atomic mass is 15.3. The second kappa shape index (κ2) is 4.38. The molecule has 0 unspecified atom stereocenters. The van der Waals surface area contributed by atoms with E-state index in [1.807, 2.05) is 30.2 Å². The molecule has 16 heavy (non-hydrogen) atoms. The molecule has 0 bridgehead atoms. The predicted octanol–water partition coefficient (Wildman–Crippen LogP) is 1.37. The van der Waals surface area contributed by atoms with Crippen molar-refractivity contribution in [2.24, 2.45) is 0 Å². The summed E-state index contributed by atoms with van der Waals surface area (Å²) in [4.78, 5) is 4.27. The van der Waals surface area contributed by atoms with Gasteiger partial charge >= 0.3 is 0 Å². The Kier molecular flexibility index (Phi) is 2.94. The fraction of sp³-hybridized carbons (Fsp3) is 0.455. The minimum absolute atomic E-state index is 0.578. The third kappa shape index (κ3) is 2.24. The molecule has 0 aliphatic rings. The molecular formula is C11H17N5. The van der Waals surface area contributed by atoms with Crippen LogP contribution < -0.4 is 5.73 Å². The van der Waals surface area contributed by atoms with E-state index in [1.165, 1.54) is 5.69 Å². The maximum Gasteiger partial charge on any atom is 0.145 e. The molecule has 2 aromatic rings. The quantitative estimate of drug-likeness (QED) is 0.844. The molecule has 0 aromatic carbocycles. The first-order chi connectivity index (χ1) is 7.66. The average molecular weight is 219 g/mol. The number of nitrogens with two attached hydrogens (primary N) is 1. The van der Waals surface area contributed by atoms with Gasteiger partial charge in [-0.1, -0.05) is 0 Å². The van der Waals surface area contributed by atoms with Crippen molar-refractivity contribution in [2.75, 3.05) is 5.73 Å². The van der Waals surface area contributed by atoms with Crippen molar-refractivity contribution in [2.45, 2.75) is 33.4 Å². The summed E-state index contributed by atoms with van der Waals surface area (Å²) in [6, 6.07) is 1.81. The third-order valence-corrected chi connectivity index (χ3v) is 2.79. The number of nitrogens with zero attached hydrogens (tertiary/aromatic N) is 4. The number of nitrogen functional groups attached to an aromatic ring is 1. The smallest absolute Gasteiger partial charge is 0.145 e. The van der Waals surface area contributed by atoms with E-state index in [0.29, 0.717) is 5.82 Å². The van der Waals surface area contributed by atoms with Crippen molar-refractivity contribution < 1.29 is 0 Å². The molecule has 0 atom stereocenters. The molecule has 2 heterocycles. The number of aromatic nitrogens is 4. The van der Waals surface area contributed by atoms with Crippen LogP contribution in [0.1, 0.15) is 17.8 Å². The van der Waals surface area contributed by atoms with Crippen LogP contribution >= 0.6 is 0 Å². The van der Waals surface area contributed by atoms with Crippen molar-refractivity contribution in [3.8, 4) is 0 Å². The Balaban J connectivity index is 1.86. The first-order valence-corrected chi connectivity index (χ1v) is 5.44. The van der Waals surface area contributed by atoms with Gasteiger partial charge in [-0.25, -0.2) is 4.98 Å². The fourth-order valence-electron chi connectivity index (χ4n) is 1.67. The lowest BCUT2D eigenvalue weighted by Crippen LogP contribution is -2.05. The molecule has 0 aliphatic carbocycles. The van der Waals surface area contributed by atoms with Gasteiger partial charge in [0.15, 0.2) is 0 Å². The van der Waals surface area contributed by atoms with Crippen LogP contribution in [0.15, 0.2) is 18.6 Å². The van der Waals surface area contributed by atoms with Gasteiger partial charge in [0.25, 0.3) is 0 Å². The van der Waals surface area contributed by atoms with Gasteiger partial charge < -0.3 is 10.3 Å². The van der Waals surface area contributed by atoms with Gasteiger partial charge in [0.05, 0.1) is 12.0 Å². The number of imidazole rings is 1. The van der Waals surface area contributed by atoms with Crippen molar-refractivity contribution in [3.05, 3.63) is 30.0 Å². The number of aryl methyl sites for hydroxylation is 3. The van der Waals surface area contributed by atoms with Crippen LogP contribution in [0.2, 0.25) is 0 Å². The van der Waals surface area contributed by atoms with Crippen LogP contribution in [0.5, 0.6) is 0 Å². The van der Waals surface area contributed by atoms with E-state index < -0.39 is 0 Å². The highest BCUT2D eigenvalue weighted by molar-refractivity contribution is 5.23. The minimum Gasteiger partial charge on any atom is -0.382 e. The van der Waals surface area contributed by atoms with E-state index in [0.717, 1.165) is 25.2 Å². The Hall–Kier alpha value is -1.78. The van der Waals surface area contributed by atoms with Crippen LogP contribution in [0.3, 0.4) is 0 Å². The van der Waals surface area contributed by atoms with Gasteiger partial charge in [0.1, 0.15) is 5.82 Å². The van der Waals surface area contributed by atoms with Gasteiger partial charge in [0, 0.05) is 25.0 Å². The normalized spacial score (nSPS) is 10.9. The summed E-state index contributed by atoms with van der Waals surface area (Å²) in [5.41, 5.74) is 7.88. The summed E-state index contributed by atoms with van der Waals surface area (Å²) in [5.74, 6) is 0.578. The Morgan fingerprint density at radius 2 is 2.12 bits per heavy atom. The van der Waals surface area contributed by atoms with E-state index in [-0.39, 0.29) is 0 Å². The molecule has 5 nitrogen and oxygen atoms in total. The summed E-state index contributed by atoms with van der Waals surface area (Å²) in [6.07, 6.45) is 4.82. The lowest BCUT2D eigenvalue weighted by molar-refractivity contribution is 0.523. The van der Waals surface area contributed by atoms with Crippen LogP contribution in [-0.2, 0) is 13.1 Å². The van der Waals surface area contributed by atoms with Crippen LogP contribution in [-0.4, -0.2) is 19.3 Å². The van der Waals surface area contributed by atoms with Crippen LogP contribution in [0, 0.1) is 13.8 Å². The molecule has 0 radical (unpaired) electrons. The molecule has 0 fully saturated rings. The van der Waals surface area contributed by atoms with E-state index in [2.05, 4.69) is 21.6 Å². The SMILES string of the molecule is Cc1ncn(CCCn2ccc(N)n2)c1C. The topological polar surface area (TPSA) is 61.7 Å². The summed E-state index contributed by atoms with van der Waals surface area (Å²) in [6.45, 7) is 5.97. The van der Waals surface area contributed by atoms with Gasteiger partial charge in [-0.15, -0.1) is 0 Å². The highest BCUT2D eigenvalue weighted by Gasteiger charge is 2.01. The van der Waals surface area contributed by atoms with Gasteiger partial charge in [-0.05, 0) is 26.3 Å². The zero-order valence-electron chi connectivity index (χ0n) is 9.72. The standard InChI is InChI=1S/C11H17N5/c1-9-10(2)15(8-13-9)5-3-6-16-7-4-11(12)14-16/h4,7-8H,3,5-6H2,1-2H3,(H2,12,14). The molecule has 0 saturated heterocycles. The minimum atomic E-state index is 0.578. The number of hydrogen-bond donors (Lipinski definition) is 1. The van der Waals surface area contributed by atoms with Crippen LogP contribution in [0.25, 0.3) is 0 Å². The second-order valence-electron chi connectivity index (χ2n) is 3.97. The van der Waals surface area contributed by atoms with E-state index in [4.69, 9.17) is 5.73 Å². The largest absolute Gasteiger partial charge is 0.382 e. The molecule has 5 heteroatoms.